The van der Waals surface area contributed by atoms with Gasteiger partial charge in [-0.15, -0.1) is 0 Å². The van der Waals surface area contributed by atoms with Crippen molar-refractivity contribution in [2.45, 2.75) is 25.3 Å². The molecule has 1 aromatic heterocycles. The van der Waals surface area contributed by atoms with Crippen LogP contribution < -0.4 is 10.3 Å². The van der Waals surface area contributed by atoms with Gasteiger partial charge in [0.15, 0.2) is 0 Å². The van der Waals surface area contributed by atoms with E-state index >= 15 is 0 Å². The number of halogens is 3. The van der Waals surface area contributed by atoms with Gasteiger partial charge < -0.3 is 4.74 Å². The molecule has 1 aliphatic rings. The number of carbonyl (C=O) groups is 2. The largest absolute Gasteiger partial charge is 0.465 e. The summed E-state index contributed by atoms with van der Waals surface area (Å²) < 4.78 is 46.8. The highest BCUT2D eigenvalue weighted by molar-refractivity contribution is 6.10. The molecule has 7 nitrogen and oxygen atoms in total. The van der Waals surface area contributed by atoms with Crippen molar-refractivity contribution in [3.63, 3.8) is 0 Å². The van der Waals surface area contributed by atoms with Crippen molar-refractivity contribution in [3.05, 3.63) is 66.0 Å². The molecular formula is C19H18F3N4O3+. The molecule has 29 heavy (non-hydrogen) atoms. The number of aromatic nitrogens is 1. The Morgan fingerprint density at radius 3 is 2.55 bits per heavy atom. The van der Waals surface area contributed by atoms with Crippen molar-refractivity contribution >= 4 is 17.8 Å². The first-order valence-electron chi connectivity index (χ1n) is 8.71. The zero-order valence-corrected chi connectivity index (χ0v) is 15.4. The maximum Gasteiger partial charge on any atom is 0.465 e. The molecule has 1 aliphatic heterocycles. The van der Waals surface area contributed by atoms with Crippen molar-refractivity contribution in [2.24, 2.45) is 0 Å². The molecule has 1 aromatic carbocycles. The second-order valence-electron chi connectivity index (χ2n) is 6.19. The van der Waals surface area contributed by atoms with E-state index in [-0.39, 0.29) is 19.0 Å². The summed E-state index contributed by atoms with van der Waals surface area (Å²) in [6, 6.07) is 11.3. The Balaban J connectivity index is 2.10. The summed E-state index contributed by atoms with van der Waals surface area (Å²) >= 11 is 0. The second-order valence-corrected chi connectivity index (χ2v) is 6.19. The van der Waals surface area contributed by atoms with Crippen molar-refractivity contribution in [3.8, 4) is 0 Å². The number of amides is 2. The lowest BCUT2D eigenvalue weighted by Crippen LogP contribution is -2.96. The van der Waals surface area contributed by atoms with E-state index in [1.54, 1.807) is 47.8 Å². The lowest BCUT2D eigenvalue weighted by Gasteiger charge is -2.24. The van der Waals surface area contributed by atoms with Gasteiger partial charge in [-0.25, -0.2) is 14.6 Å². The van der Waals surface area contributed by atoms with Crippen molar-refractivity contribution in [1.29, 1.82) is 0 Å². The Morgan fingerprint density at radius 2 is 1.97 bits per heavy atom. The summed E-state index contributed by atoms with van der Waals surface area (Å²) in [5.41, 5.74) is -2.49. The number of ether oxygens (including phenoxy) is 1. The number of rotatable bonds is 5. The highest BCUT2D eigenvalue weighted by Crippen LogP contribution is 2.30. The minimum absolute atomic E-state index is 0.0893. The van der Waals surface area contributed by atoms with Gasteiger partial charge in [0.2, 0.25) is 0 Å². The molecule has 0 unspecified atom stereocenters. The SMILES string of the molecule is CCOC(=O)N[C@@]1(C(F)(F)F)[NH+]=C(c2ccccc2)N(Cc2cccnc2)C1=O. The summed E-state index contributed by atoms with van der Waals surface area (Å²) in [5, 5.41) is 1.67. The minimum Gasteiger partial charge on any atom is -0.450 e. The number of alkyl carbamates (subject to hydrolysis) is 1. The third-order valence-corrected chi connectivity index (χ3v) is 4.24. The van der Waals surface area contributed by atoms with Gasteiger partial charge in [-0.1, -0.05) is 24.3 Å². The van der Waals surface area contributed by atoms with Crippen LogP contribution in [0.15, 0.2) is 54.9 Å². The number of pyridine rings is 1. The maximum atomic E-state index is 14.1. The van der Waals surface area contributed by atoms with Crippen molar-refractivity contribution in [1.82, 2.24) is 15.2 Å². The number of nitrogens with one attached hydrogen (secondary N) is 2. The standard InChI is InChI=1S/C19H17F3N4O3/c1-2-29-17(28)25-18(19(20,21)22)16(27)26(12-13-7-6-10-23-11-13)15(24-18)14-8-4-3-5-9-14/h3-11H,2,12H2,1H3,(H,25,28)/p+1/t18-/m0/s1. The molecule has 0 saturated heterocycles. The van der Waals surface area contributed by atoms with Crippen LogP contribution in [0.25, 0.3) is 0 Å². The zero-order chi connectivity index (χ0) is 21.1. The van der Waals surface area contributed by atoms with E-state index in [9.17, 15) is 22.8 Å². The molecule has 0 fully saturated rings. The molecule has 2 amide bonds. The van der Waals surface area contributed by atoms with Crippen LogP contribution in [0.2, 0.25) is 0 Å². The minimum atomic E-state index is -5.14. The van der Waals surface area contributed by atoms with E-state index in [1.807, 2.05) is 0 Å². The third kappa shape index (κ3) is 3.91. The fraction of sp³-hybridized carbons (Fsp3) is 0.263. The average Bonchev–Trinajstić information content (AvgIpc) is 2.97. The molecule has 0 spiro atoms. The van der Waals surface area contributed by atoms with Gasteiger partial charge in [-0.3, -0.25) is 10.3 Å². The highest BCUT2D eigenvalue weighted by atomic mass is 19.4. The Morgan fingerprint density at radius 1 is 1.24 bits per heavy atom. The molecule has 1 atom stereocenters. The number of alkyl halides is 3. The zero-order valence-electron chi connectivity index (χ0n) is 15.4. The number of amidine groups is 1. The van der Waals surface area contributed by atoms with Crippen molar-refractivity contribution in [2.75, 3.05) is 6.61 Å². The monoisotopic (exact) mass is 407 g/mol. The van der Waals surface area contributed by atoms with Crippen LogP contribution in [0.3, 0.4) is 0 Å². The van der Waals surface area contributed by atoms with E-state index in [2.05, 4.69) is 14.7 Å². The van der Waals surface area contributed by atoms with Crippen LogP contribution in [-0.4, -0.2) is 46.2 Å². The molecule has 2 heterocycles. The average molecular weight is 407 g/mol. The van der Waals surface area contributed by atoms with Gasteiger partial charge in [0, 0.05) is 18.0 Å². The van der Waals surface area contributed by atoms with Crippen LogP contribution in [-0.2, 0) is 16.1 Å². The van der Waals surface area contributed by atoms with Crippen LogP contribution in [0.5, 0.6) is 0 Å². The lowest BCUT2D eigenvalue weighted by molar-refractivity contribution is -0.581. The molecule has 2 N–H and O–H groups in total. The van der Waals surface area contributed by atoms with E-state index in [1.165, 1.54) is 19.3 Å². The maximum absolute atomic E-state index is 14.1. The quantitative estimate of drug-likeness (QED) is 0.773. The topological polar surface area (TPSA) is 85.5 Å². The summed E-state index contributed by atoms with van der Waals surface area (Å²) in [6.07, 6.45) is -3.54. The van der Waals surface area contributed by atoms with Crippen molar-refractivity contribution < 1.29 is 32.5 Å². The fourth-order valence-electron chi connectivity index (χ4n) is 2.92. The summed E-state index contributed by atoms with van der Waals surface area (Å²) in [7, 11) is 0. The fourth-order valence-corrected chi connectivity index (χ4v) is 2.92. The summed E-state index contributed by atoms with van der Waals surface area (Å²) in [6.45, 7) is 1.12. The summed E-state index contributed by atoms with van der Waals surface area (Å²) in [5.74, 6) is -1.46. The number of nitrogens with zero attached hydrogens (tertiary/aromatic N) is 2. The van der Waals surface area contributed by atoms with Gasteiger partial charge in [-0.2, -0.15) is 18.1 Å². The van der Waals surface area contributed by atoms with E-state index in [4.69, 9.17) is 0 Å². The van der Waals surface area contributed by atoms with Crippen LogP contribution in [0.1, 0.15) is 18.1 Å². The van der Waals surface area contributed by atoms with E-state index < -0.39 is 23.8 Å². The molecule has 152 valence electrons. The molecule has 10 heteroatoms. The number of benzene rings is 1. The Hall–Kier alpha value is -3.43. The van der Waals surface area contributed by atoms with Gasteiger partial charge >= 0.3 is 23.8 Å². The summed E-state index contributed by atoms with van der Waals surface area (Å²) in [4.78, 5) is 31.9. The van der Waals surface area contributed by atoms with E-state index in [0.717, 1.165) is 4.90 Å². The molecular weight excluding hydrogens is 389 g/mol. The van der Waals surface area contributed by atoms with Crippen LogP contribution in [0, 0.1) is 0 Å². The van der Waals surface area contributed by atoms with Gasteiger partial charge in [0.1, 0.15) is 6.54 Å². The second kappa shape index (κ2) is 7.90. The lowest BCUT2D eigenvalue weighted by atomic mass is 10.1. The normalized spacial score (nSPS) is 19.1. The third-order valence-electron chi connectivity index (χ3n) is 4.24. The Kier molecular flexibility index (Phi) is 5.53. The number of hydrogen-bond acceptors (Lipinski definition) is 4. The Bertz CT molecular complexity index is 919. The predicted octanol–water partition coefficient (Wildman–Crippen LogP) is 0.956. The predicted molar refractivity (Wildman–Crippen MR) is 95.2 cm³/mol. The van der Waals surface area contributed by atoms with Gasteiger partial charge in [0.05, 0.1) is 12.2 Å². The number of carbonyl (C=O) groups excluding carboxylic acids is 2. The Labute approximate surface area is 164 Å². The van der Waals surface area contributed by atoms with Gasteiger partial charge in [-0.05, 0) is 25.1 Å². The molecule has 0 radical (unpaired) electrons. The van der Waals surface area contributed by atoms with Crippen LogP contribution in [0.4, 0.5) is 18.0 Å². The van der Waals surface area contributed by atoms with E-state index in [0.29, 0.717) is 11.1 Å². The molecule has 2 aromatic rings. The number of hydrogen-bond donors (Lipinski definition) is 2. The highest BCUT2D eigenvalue weighted by Gasteiger charge is 2.72. The molecule has 0 bridgehead atoms. The first-order valence-corrected chi connectivity index (χ1v) is 8.71. The smallest absolute Gasteiger partial charge is 0.450 e. The van der Waals surface area contributed by atoms with Crippen LogP contribution >= 0.6 is 0 Å². The first kappa shape index (κ1) is 20.3. The van der Waals surface area contributed by atoms with Gasteiger partial charge in [0.25, 0.3) is 5.84 Å². The molecule has 0 saturated carbocycles. The first-order chi connectivity index (χ1) is 13.8. The molecule has 0 aliphatic carbocycles. The molecule has 3 rings (SSSR count).